The lowest BCUT2D eigenvalue weighted by molar-refractivity contribution is 0.00377. The lowest BCUT2D eigenvalue weighted by Gasteiger charge is -2.01. The molecule has 0 fully saturated rings. The van der Waals surface area contributed by atoms with Gasteiger partial charge in [0.25, 0.3) is 19.7 Å². The van der Waals surface area contributed by atoms with Crippen molar-refractivity contribution < 1.29 is 21.6 Å². The third-order valence-corrected chi connectivity index (χ3v) is 6.23. The highest BCUT2D eigenvalue weighted by molar-refractivity contribution is 8.31. The van der Waals surface area contributed by atoms with Gasteiger partial charge in [0.05, 0.1) is 11.0 Å². The van der Waals surface area contributed by atoms with Gasteiger partial charge >= 0.3 is 4.38 Å². The number of sulfone groups is 2. The normalized spacial score (nSPS) is 12.6. The number of hydrogen-bond donors (Lipinski definition) is 0. The second-order valence-corrected chi connectivity index (χ2v) is 7.73. The summed E-state index contributed by atoms with van der Waals surface area (Å²) in [5, 5.41) is -0.935. The molecular formula is C6H12N2O4S2. The summed E-state index contributed by atoms with van der Waals surface area (Å²) < 4.78 is 44.1. The van der Waals surface area contributed by atoms with E-state index in [0.717, 1.165) is 0 Å². The van der Waals surface area contributed by atoms with Gasteiger partial charge < -0.3 is 5.53 Å². The number of hydrogen-bond acceptors (Lipinski definition) is 4. The molecule has 0 aromatic carbocycles. The van der Waals surface area contributed by atoms with Crippen molar-refractivity contribution in [3.63, 3.8) is 0 Å². The molecule has 0 atom stereocenters. The summed E-state index contributed by atoms with van der Waals surface area (Å²) in [4.78, 5) is 2.36. The molecule has 8 heteroatoms. The highest BCUT2D eigenvalue weighted by atomic mass is 32.3. The molecule has 0 aliphatic carbocycles. The molecule has 0 rings (SSSR count). The zero-order chi connectivity index (χ0) is 11.6. The quantitative estimate of drug-likeness (QED) is 0.289. The summed E-state index contributed by atoms with van der Waals surface area (Å²) >= 11 is 0. The first-order valence-electron chi connectivity index (χ1n) is 3.88. The first-order chi connectivity index (χ1) is 6.20. The van der Waals surface area contributed by atoms with Crippen molar-refractivity contribution in [3.8, 4) is 0 Å². The fraction of sp³-hybridized carbons (Fsp3) is 0.833. The maximum absolute atomic E-state index is 11.4. The monoisotopic (exact) mass is 240 g/mol. The molecule has 82 valence electrons. The minimum atomic E-state index is -4.05. The number of rotatable bonds is 2. The van der Waals surface area contributed by atoms with Crippen LogP contribution < -0.4 is 0 Å². The summed E-state index contributed by atoms with van der Waals surface area (Å²) in [6.45, 7) is 3.90. The molecule has 0 saturated carbocycles. The molecule has 0 unspecified atom stereocenters. The maximum Gasteiger partial charge on any atom is 0.495 e. The predicted molar refractivity (Wildman–Crippen MR) is 52.1 cm³/mol. The second kappa shape index (κ2) is 4.20. The van der Waals surface area contributed by atoms with Crippen molar-refractivity contribution in [3.05, 3.63) is 5.53 Å². The van der Waals surface area contributed by atoms with Crippen molar-refractivity contribution in [2.45, 2.75) is 26.0 Å². The second-order valence-electron chi connectivity index (χ2n) is 2.86. The van der Waals surface area contributed by atoms with Gasteiger partial charge in [-0.2, -0.15) is 0 Å². The fourth-order valence-electron chi connectivity index (χ4n) is 0.621. The van der Waals surface area contributed by atoms with Gasteiger partial charge in [0.15, 0.2) is 0 Å². The standard InChI is InChI=1S/C6H12N2O4S2/c1-4-13(9,10)6(8-7)14(11,12)5(2)3/h5H,4H2,1-3H3. The van der Waals surface area contributed by atoms with Gasteiger partial charge in [-0.05, 0) is 13.8 Å². The maximum atomic E-state index is 11.4. The van der Waals surface area contributed by atoms with Crippen LogP contribution in [0.5, 0.6) is 0 Å². The van der Waals surface area contributed by atoms with Crippen molar-refractivity contribution in [2.75, 3.05) is 5.75 Å². The molecule has 6 nitrogen and oxygen atoms in total. The fourth-order valence-corrected chi connectivity index (χ4v) is 3.86. The molecule has 0 amide bonds. The predicted octanol–water partition coefficient (Wildman–Crippen LogP) is -0.170. The summed E-state index contributed by atoms with van der Waals surface area (Å²) in [6.07, 6.45) is 0. The lowest BCUT2D eigenvalue weighted by atomic mass is 10.6. The Morgan fingerprint density at radius 2 is 1.71 bits per heavy atom. The van der Waals surface area contributed by atoms with E-state index in [-0.39, 0.29) is 0 Å². The van der Waals surface area contributed by atoms with Crippen LogP contribution in [0.1, 0.15) is 20.8 Å². The van der Waals surface area contributed by atoms with Crippen LogP contribution in [0.2, 0.25) is 0 Å². The smallest absolute Gasteiger partial charge is 0.359 e. The Balaban J connectivity index is 5.75. The van der Waals surface area contributed by atoms with Crippen LogP contribution in [0, 0.1) is 0 Å². The zero-order valence-corrected chi connectivity index (χ0v) is 9.76. The Bertz CT molecular complexity index is 454. The van der Waals surface area contributed by atoms with Crippen molar-refractivity contribution in [2.24, 2.45) is 0 Å². The van der Waals surface area contributed by atoms with Gasteiger partial charge in [0.1, 0.15) is 0 Å². The highest BCUT2D eigenvalue weighted by Crippen LogP contribution is 2.07. The molecule has 0 aliphatic heterocycles. The summed E-state index contributed by atoms with van der Waals surface area (Å²) in [7, 11) is -8.05. The van der Waals surface area contributed by atoms with E-state index in [9.17, 15) is 16.8 Å². The van der Waals surface area contributed by atoms with Crippen LogP contribution >= 0.6 is 0 Å². The molecule has 0 spiro atoms. The topological polar surface area (TPSA) is 105 Å². The van der Waals surface area contributed by atoms with E-state index in [4.69, 9.17) is 5.53 Å². The Morgan fingerprint density at radius 3 is 1.93 bits per heavy atom. The molecule has 0 aliphatic rings. The molecule has 14 heavy (non-hydrogen) atoms. The third-order valence-electron chi connectivity index (χ3n) is 1.59. The number of nitrogens with zero attached hydrogens (tertiary/aromatic N) is 2. The van der Waals surface area contributed by atoms with Crippen molar-refractivity contribution in [1.82, 2.24) is 0 Å². The highest BCUT2D eigenvalue weighted by Gasteiger charge is 2.42. The van der Waals surface area contributed by atoms with Gasteiger partial charge in [-0.1, -0.05) is 6.92 Å². The average molecular weight is 240 g/mol. The molecular weight excluding hydrogens is 228 g/mol. The first kappa shape index (κ1) is 13.3. The van der Waals surface area contributed by atoms with E-state index in [2.05, 4.69) is 4.79 Å². The van der Waals surface area contributed by atoms with E-state index in [0.29, 0.717) is 0 Å². The minimum Gasteiger partial charge on any atom is -0.359 e. The van der Waals surface area contributed by atoms with Crippen molar-refractivity contribution in [1.29, 1.82) is 0 Å². The largest absolute Gasteiger partial charge is 0.495 e. The molecule has 0 radical (unpaired) electrons. The third kappa shape index (κ3) is 2.40. The molecule has 0 heterocycles. The van der Waals surface area contributed by atoms with Gasteiger partial charge in [-0.15, -0.1) is 4.79 Å². The molecule has 0 bridgehead atoms. The summed E-state index contributed by atoms with van der Waals surface area (Å²) in [5.41, 5.74) is 8.41. The van der Waals surface area contributed by atoms with Crippen molar-refractivity contribution >= 4 is 24.1 Å². The van der Waals surface area contributed by atoms with E-state index in [1.807, 2.05) is 0 Å². The van der Waals surface area contributed by atoms with Gasteiger partial charge in [-0.25, -0.2) is 16.8 Å². The van der Waals surface area contributed by atoms with E-state index >= 15 is 0 Å². The molecule has 0 aromatic rings. The molecule has 0 saturated heterocycles. The summed E-state index contributed by atoms with van der Waals surface area (Å²) in [6, 6.07) is 0. The van der Waals surface area contributed by atoms with Gasteiger partial charge in [0.2, 0.25) is 0 Å². The van der Waals surface area contributed by atoms with Crippen LogP contribution in [-0.4, -0.2) is 37.0 Å². The Morgan fingerprint density at radius 1 is 1.29 bits per heavy atom. The average Bonchev–Trinajstić information content (AvgIpc) is 2.04. The van der Waals surface area contributed by atoms with E-state index < -0.39 is 35.1 Å². The molecule has 0 N–H and O–H groups in total. The Labute approximate surface area is 83.4 Å². The summed E-state index contributed by atoms with van der Waals surface area (Å²) in [5.74, 6) is -0.418. The first-order valence-corrected chi connectivity index (χ1v) is 7.08. The molecule has 0 aromatic heterocycles. The Kier molecular flexibility index (Phi) is 3.99. The minimum absolute atomic E-state index is 0.418. The van der Waals surface area contributed by atoms with Gasteiger partial charge in [0, 0.05) is 0 Å². The van der Waals surface area contributed by atoms with Crippen LogP contribution in [0.15, 0.2) is 0 Å². The van der Waals surface area contributed by atoms with Crippen LogP contribution in [-0.2, 0) is 19.7 Å². The van der Waals surface area contributed by atoms with Crippen LogP contribution in [0.4, 0.5) is 0 Å². The van der Waals surface area contributed by atoms with Crippen LogP contribution in [0.3, 0.4) is 0 Å². The van der Waals surface area contributed by atoms with E-state index in [1.54, 1.807) is 0 Å². The zero-order valence-electron chi connectivity index (χ0n) is 8.13. The Hall–Kier alpha value is -0.720. The van der Waals surface area contributed by atoms with E-state index in [1.165, 1.54) is 20.8 Å². The SMILES string of the molecule is CCS(=O)(=O)C(=[N+]=[N-])S(=O)(=O)C(C)C. The van der Waals surface area contributed by atoms with Crippen LogP contribution in [0.25, 0.3) is 5.53 Å². The van der Waals surface area contributed by atoms with Gasteiger partial charge in [-0.3, -0.25) is 0 Å². The lowest BCUT2D eigenvalue weighted by Crippen LogP contribution is -2.32.